The standard InChI is InChI=1S/C26H21N5O4S/c1-16(23(32)30-20-9-5-18(14-27)6-10-20)35-26(34)22-4-3-13-29-25(22)36-17(2)24(33)31-21-11-7-19(15-28)8-12-21/h3-13,16-17H,1-2H3,(H,30,32)(H,31,33). The number of rotatable bonds is 8. The summed E-state index contributed by atoms with van der Waals surface area (Å²) in [6.07, 6.45) is 0.383. The highest BCUT2D eigenvalue weighted by Crippen LogP contribution is 2.26. The summed E-state index contributed by atoms with van der Waals surface area (Å²) >= 11 is 1.07. The highest BCUT2D eigenvalue weighted by Gasteiger charge is 2.24. The number of thioether (sulfide) groups is 1. The Bertz CT molecular complexity index is 1340. The van der Waals surface area contributed by atoms with E-state index in [1.54, 1.807) is 61.5 Å². The number of esters is 1. The van der Waals surface area contributed by atoms with Gasteiger partial charge in [0.25, 0.3) is 5.91 Å². The summed E-state index contributed by atoms with van der Waals surface area (Å²) < 4.78 is 5.33. The third-order valence-electron chi connectivity index (χ3n) is 4.86. The van der Waals surface area contributed by atoms with Gasteiger partial charge in [0, 0.05) is 17.6 Å². The van der Waals surface area contributed by atoms with Crippen molar-refractivity contribution < 1.29 is 19.1 Å². The monoisotopic (exact) mass is 499 g/mol. The van der Waals surface area contributed by atoms with E-state index in [1.807, 2.05) is 12.1 Å². The van der Waals surface area contributed by atoms with Gasteiger partial charge in [0.05, 0.1) is 34.1 Å². The Morgan fingerprint density at radius 3 is 1.92 bits per heavy atom. The third-order valence-corrected chi connectivity index (χ3v) is 5.98. The second-order valence-electron chi connectivity index (χ2n) is 7.52. The van der Waals surface area contributed by atoms with Gasteiger partial charge in [-0.25, -0.2) is 9.78 Å². The average Bonchev–Trinajstić information content (AvgIpc) is 2.89. The molecular weight excluding hydrogens is 478 g/mol. The predicted octanol–water partition coefficient (Wildman–Crippen LogP) is 4.13. The Kier molecular flexibility index (Phi) is 8.76. The highest BCUT2D eigenvalue weighted by molar-refractivity contribution is 8.00. The van der Waals surface area contributed by atoms with Crippen LogP contribution in [0.3, 0.4) is 0 Å². The van der Waals surface area contributed by atoms with Gasteiger partial charge in [0.2, 0.25) is 5.91 Å². The molecule has 0 fully saturated rings. The zero-order chi connectivity index (χ0) is 26.1. The normalized spacial score (nSPS) is 11.8. The van der Waals surface area contributed by atoms with Gasteiger partial charge in [-0.1, -0.05) is 11.8 Å². The molecule has 2 amide bonds. The van der Waals surface area contributed by atoms with Gasteiger partial charge >= 0.3 is 5.97 Å². The smallest absolute Gasteiger partial charge is 0.341 e. The lowest BCUT2D eigenvalue weighted by atomic mass is 10.2. The van der Waals surface area contributed by atoms with Crippen LogP contribution in [0, 0.1) is 22.7 Å². The number of carbonyl (C=O) groups excluding carboxylic acids is 3. The number of amides is 2. The number of ether oxygens (including phenoxy) is 1. The zero-order valence-electron chi connectivity index (χ0n) is 19.4. The third kappa shape index (κ3) is 6.92. The minimum absolute atomic E-state index is 0.124. The SMILES string of the molecule is CC(OC(=O)c1cccnc1SC(C)C(=O)Nc1ccc(C#N)cc1)C(=O)Nc1ccc(C#N)cc1. The number of anilines is 2. The Labute approximate surface area is 212 Å². The van der Waals surface area contributed by atoms with Crippen LogP contribution in [0.2, 0.25) is 0 Å². The maximum absolute atomic E-state index is 12.8. The first-order valence-electron chi connectivity index (χ1n) is 10.8. The minimum Gasteiger partial charge on any atom is -0.449 e. The molecule has 3 aromatic rings. The van der Waals surface area contributed by atoms with Crippen molar-refractivity contribution in [3.05, 3.63) is 83.6 Å². The Balaban J connectivity index is 1.61. The van der Waals surface area contributed by atoms with Gasteiger partial charge in [0.15, 0.2) is 6.10 Å². The fourth-order valence-electron chi connectivity index (χ4n) is 2.88. The lowest BCUT2D eigenvalue weighted by Crippen LogP contribution is -2.30. The zero-order valence-corrected chi connectivity index (χ0v) is 20.2. The van der Waals surface area contributed by atoms with Crippen molar-refractivity contribution in [2.45, 2.75) is 30.2 Å². The van der Waals surface area contributed by atoms with Crippen LogP contribution in [-0.4, -0.2) is 34.1 Å². The first-order valence-corrected chi connectivity index (χ1v) is 11.6. The number of nitrogens with zero attached hydrogens (tertiary/aromatic N) is 3. The lowest BCUT2D eigenvalue weighted by Gasteiger charge is -2.16. The summed E-state index contributed by atoms with van der Waals surface area (Å²) in [4.78, 5) is 42.1. The van der Waals surface area contributed by atoms with Gasteiger partial charge in [0.1, 0.15) is 5.03 Å². The number of pyridine rings is 1. The molecule has 0 spiro atoms. The molecule has 2 unspecified atom stereocenters. The van der Waals surface area contributed by atoms with Gasteiger partial charge in [-0.3, -0.25) is 9.59 Å². The van der Waals surface area contributed by atoms with Crippen LogP contribution in [0.15, 0.2) is 71.9 Å². The summed E-state index contributed by atoms with van der Waals surface area (Å²) in [5.74, 6) is -1.61. The average molecular weight is 500 g/mol. The predicted molar refractivity (Wildman–Crippen MR) is 134 cm³/mol. The molecule has 10 heteroatoms. The fraction of sp³-hybridized carbons (Fsp3) is 0.154. The molecule has 2 atom stereocenters. The van der Waals surface area contributed by atoms with Crippen LogP contribution >= 0.6 is 11.8 Å². The minimum atomic E-state index is -1.11. The molecule has 2 N–H and O–H groups in total. The molecule has 3 rings (SSSR count). The molecule has 0 aliphatic carbocycles. The topological polar surface area (TPSA) is 145 Å². The molecule has 0 saturated heterocycles. The highest BCUT2D eigenvalue weighted by atomic mass is 32.2. The number of nitriles is 2. The fourth-order valence-corrected chi connectivity index (χ4v) is 3.78. The van der Waals surface area contributed by atoms with E-state index in [9.17, 15) is 14.4 Å². The van der Waals surface area contributed by atoms with Gasteiger partial charge in [-0.2, -0.15) is 10.5 Å². The number of benzene rings is 2. The van der Waals surface area contributed by atoms with Crippen LogP contribution in [-0.2, 0) is 14.3 Å². The molecule has 180 valence electrons. The van der Waals surface area contributed by atoms with E-state index in [0.29, 0.717) is 22.5 Å². The van der Waals surface area contributed by atoms with Crippen molar-refractivity contribution in [2.75, 3.05) is 10.6 Å². The molecule has 9 nitrogen and oxygen atoms in total. The lowest BCUT2D eigenvalue weighted by molar-refractivity contribution is -0.123. The van der Waals surface area contributed by atoms with E-state index in [4.69, 9.17) is 15.3 Å². The largest absolute Gasteiger partial charge is 0.449 e. The summed E-state index contributed by atoms with van der Waals surface area (Å²) in [7, 11) is 0. The number of hydrogen-bond acceptors (Lipinski definition) is 8. The molecule has 0 aliphatic rings. The Morgan fingerprint density at radius 2 is 1.39 bits per heavy atom. The number of nitrogens with one attached hydrogen (secondary N) is 2. The van der Waals surface area contributed by atoms with Crippen LogP contribution in [0.5, 0.6) is 0 Å². The Hall–Kier alpha value is -4.67. The second-order valence-corrected chi connectivity index (χ2v) is 8.85. The summed E-state index contributed by atoms with van der Waals surface area (Å²) in [6, 6.07) is 19.8. The molecule has 0 radical (unpaired) electrons. The van der Waals surface area contributed by atoms with Crippen LogP contribution in [0.4, 0.5) is 11.4 Å². The first-order chi connectivity index (χ1) is 17.3. The molecule has 2 aromatic carbocycles. The van der Waals surface area contributed by atoms with Crippen molar-refractivity contribution in [3.8, 4) is 12.1 Å². The van der Waals surface area contributed by atoms with E-state index >= 15 is 0 Å². The number of hydrogen-bond donors (Lipinski definition) is 2. The molecule has 0 aliphatic heterocycles. The summed E-state index contributed by atoms with van der Waals surface area (Å²) in [6.45, 7) is 3.11. The van der Waals surface area contributed by atoms with Crippen molar-refractivity contribution in [1.82, 2.24) is 4.98 Å². The molecule has 0 saturated carbocycles. The van der Waals surface area contributed by atoms with E-state index < -0.39 is 23.2 Å². The summed E-state index contributed by atoms with van der Waals surface area (Å²) in [5, 5.41) is 22.8. The van der Waals surface area contributed by atoms with Gasteiger partial charge in [-0.15, -0.1) is 0 Å². The molecule has 36 heavy (non-hydrogen) atoms. The molecule has 1 aromatic heterocycles. The number of carbonyl (C=O) groups is 3. The molecule has 1 heterocycles. The first kappa shape index (κ1) is 25.9. The maximum Gasteiger partial charge on any atom is 0.341 e. The van der Waals surface area contributed by atoms with E-state index in [0.717, 1.165) is 11.8 Å². The van der Waals surface area contributed by atoms with Crippen LogP contribution < -0.4 is 10.6 Å². The van der Waals surface area contributed by atoms with E-state index in [-0.39, 0.29) is 16.5 Å². The maximum atomic E-state index is 12.8. The number of aromatic nitrogens is 1. The van der Waals surface area contributed by atoms with Crippen molar-refractivity contribution in [2.24, 2.45) is 0 Å². The van der Waals surface area contributed by atoms with Gasteiger partial charge in [-0.05, 0) is 74.5 Å². The van der Waals surface area contributed by atoms with E-state index in [2.05, 4.69) is 15.6 Å². The van der Waals surface area contributed by atoms with Crippen molar-refractivity contribution in [3.63, 3.8) is 0 Å². The second kappa shape index (κ2) is 12.2. The van der Waals surface area contributed by atoms with Gasteiger partial charge < -0.3 is 15.4 Å². The summed E-state index contributed by atoms with van der Waals surface area (Å²) in [5.41, 5.74) is 2.05. The molecule has 0 bridgehead atoms. The van der Waals surface area contributed by atoms with Crippen molar-refractivity contribution >= 4 is 40.9 Å². The molecular formula is C26H21N5O4S. The van der Waals surface area contributed by atoms with Crippen LogP contribution in [0.1, 0.15) is 35.3 Å². The quantitative estimate of drug-likeness (QED) is 0.348. The van der Waals surface area contributed by atoms with Crippen molar-refractivity contribution in [1.29, 1.82) is 10.5 Å². The Morgan fingerprint density at radius 1 is 0.861 bits per heavy atom. The van der Waals surface area contributed by atoms with Crippen LogP contribution in [0.25, 0.3) is 0 Å². The van der Waals surface area contributed by atoms with E-state index in [1.165, 1.54) is 19.2 Å².